The van der Waals surface area contributed by atoms with Crippen LogP contribution in [-0.2, 0) is 11.3 Å². The summed E-state index contributed by atoms with van der Waals surface area (Å²) >= 11 is 0. The van der Waals surface area contributed by atoms with E-state index in [1.54, 1.807) is 7.11 Å². The van der Waals surface area contributed by atoms with Crippen LogP contribution in [0.25, 0.3) is 0 Å². The van der Waals surface area contributed by atoms with E-state index in [1.165, 1.54) is 0 Å². The molecule has 0 aliphatic carbocycles. The van der Waals surface area contributed by atoms with Gasteiger partial charge in [0.25, 0.3) is 0 Å². The third-order valence-electron chi connectivity index (χ3n) is 3.61. The van der Waals surface area contributed by atoms with E-state index in [4.69, 9.17) is 4.74 Å². The summed E-state index contributed by atoms with van der Waals surface area (Å²) < 4.78 is 5.22. The lowest BCUT2D eigenvalue weighted by Crippen LogP contribution is -2.38. The van der Waals surface area contributed by atoms with Crippen LogP contribution < -0.4 is 10.2 Å². The molecule has 1 heterocycles. The Balaban J connectivity index is 2.77. The average molecular weight is 294 g/mol. The van der Waals surface area contributed by atoms with Gasteiger partial charge in [-0.1, -0.05) is 27.7 Å². The largest absolute Gasteiger partial charge is 0.383 e. The fourth-order valence-electron chi connectivity index (χ4n) is 2.31. The molecule has 0 aliphatic rings. The van der Waals surface area contributed by atoms with Gasteiger partial charge in [0.2, 0.25) is 0 Å². The number of anilines is 1. The van der Waals surface area contributed by atoms with Crippen LogP contribution in [0.5, 0.6) is 0 Å². The molecule has 0 spiro atoms. The number of nitrogens with zero attached hydrogens (tertiary/aromatic N) is 3. The van der Waals surface area contributed by atoms with Gasteiger partial charge in [-0.05, 0) is 25.0 Å². The van der Waals surface area contributed by atoms with Gasteiger partial charge in [-0.3, -0.25) is 0 Å². The number of hydrogen-bond donors (Lipinski definition) is 1. The van der Waals surface area contributed by atoms with Crippen LogP contribution in [-0.4, -0.2) is 42.5 Å². The highest BCUT2D eigenvalue weighted by molar-refractivity contribution is 5.38. The van der Waals surface area contributed by atoms with Gasteiger partial charge in [0.05, 0.1) is 12.3 Å². The molecule has 21 heavy (non-hydrogen) atoms. The summed E-state index contributed by atoms with van der Waals surface area (Å²) in [5.41, 5.74) is 0.976. The van der Waals surface area contributed by atoms with Gasteiger partial charge in [0.15, 0.2) is 5.82 Å². The van der Waals surface area contributed by atoms with E-state index in [1.807, 2.05) is 0 Å². The SMILES string of the molecule is CCC(CC)N(CCOC)c1ccc(CNC(C)C)nn1. The predicted octanol–water partition coefficient (Wildman–Crippen LogP) is 2.62. The van der Waals surface area contributed by atoms with Gasteiger partial charge in [0, 0.05) is 32.3 Å². The van der Waals surface area contributed by atoms with Crippen molar-refractivity contribution in [2.45, 2.75) is 59.2 Å². The lowest BCUT2D eigenvalue weighted by atomic mass is 10.1. The predicted molar refractivity (Wildman–Crippen MR) is 87.6 cm³/mol. The summed E-state index contributed by atoms with van der Waals surface area (Å²) in [5.74, 6) is 0.939. The number of aromatic nitrogens is 2. The van der Waals surface area contributed by atoms with Crippen molar-refractivity contribution in [2.24, 2.45) is 0 Å². The molecule has 0 aliphatic heterocycles. The van der Waals surface area contributed by atoms with E-state index >= 15 is 0 Å². The van der Waals surface area contributed by atoms with Crippen LogP contribution >= 0.6 is 0 Å². The standard InChI is InChI=1S/C16H30N4O/c1-6-15(7-2)20(10-11-21-5)16-9-8-14(18-19-16)12-17-13(3)4/h8-9,13,15,17H,6-7,10-12H2,1-5H3. The van der Waals surface area contributed by atoms with Crippen LogP contribution in [0.2, 0.25) is 0 Å². The summed E-state index contributed by atoms with van der Waals surface area (Å²) in [7, 11) is 1.73. The van der Waals surface area contributed by atoms with Gasteiger partial charge in [-0.2, -0.15) is 5.10 Å². The summed E-state index contributed by atoms with van der Waals surface area (Å²) in [4.78, 5) is 2.30. The molecule has 0 unspecified atom stereocenters. The highest BCUT2D eigenvalue weighted by atomic mass is 16.5. The van der Waals surface area contributed by atoms with Crippen molar-refractivity contribution in [3.05, 3.63) is 17.8 Å². The van der Waals surface area contributed by atoms with Crippen molar-refractivity contribution in [3.8, 4) is 0 Å². The lowest BCUT2D eigenvalue weighted by Gasteiger charge is -2.31. The first-order valence-electron chi connectivity index (χ1n) is 7.93. The normalized spacial score (nSPS) is 11.4. The summed E-state index contributed by atoms with van der Waals surface area (Å²) in [6, 6.07) is 5.06. The number of hydrogen-bond acceptors (Lipinski definition) is 5. The molecule has 0 radical (unpaired) electrons. The van der Waals surface area contributed by atoms with E-state index in [2.05, 4.69) is 60.2 Å². The zero-order valence-corrected chi connectivity index (χ0v) is 14.1. The van der Waals surface area contributed by atoms with Crippen molar-refractivity contribution in [1.82, 2.24) is 15.5 Å². The molecule has 0 atom stereocenters. The van der Waals surface area contributed by atoms with E-state index < -0.39 is 0 Å². The van der Waals surface area contributed by atoms with Gasteiger partial charge >= 0.3 is 0 Å². The molecule has 1 aromatic rings. The maximum Gasteiger partial charge on any atom is 0.151 e. The van der Waals surface area contributed by atoms with Crippen LogP contribution in [0.4, 0.5) is 5.82 Å². The van der Waals surface area contributed by atoms with Crippen LogP contribution in [0.15, 0.2) is 12.1 Å². The fourth-order valence-corrected chi connectivity index (χ4v) is 2.31. The average Bonchev–Trinajstić information content (AvgIpc) is 2.50. The lowest BCUT2D eigenvalue weighted by molar-refractivity contribution is 0.202. The Kier molecular flexibility index (Phi) is 8.23. The smallest absolute Gasteiger partial charge is 0.151 e. The second-order valence-corrected chi connectivity index (χ2v) is 5.57. The second kappa shape index (κ2) is 9.68. The molecule has 0 bridgehead atoms. The minimum Gasteiger partial charge on any atom is -0.383 e. The van der Waals surface area contributed by atoms with Crippen molar-refractivity contribution in [2.75, 3.05) is 25.2 Å². The second-order valence-electron chi connectivity index (χ2n) is 5.57. The van der Waals surface area contributed by atoms with E-state index in [-0.39, 0.29) is 0 Å². The summed E-state index contributed by atoms with van der Waals surface area (Å²) in [5, 5.41) is 12.1. The Morgan fingerprint density at radius 3 is 2.38 bits per heavy atom. The molecule has 1 rings (SSSR count). The molecular weight excluding hydrogens is 264 g/mol. The molecular formula is C16H30N4O. The Hall–Kier alpha value is -1.20. The Bertz CT molecular complexity index is 376. The fraction of sp³-hybridized carbons (Fsp3) is 0.750. The van der Waals surface area contributed by atoms with Crippen molar-refractivity contribution in [1.29, 1.82) is 0 Å². The molecule has 0 saturated carbocycles. The summed E-state index contributed by atoms with van der Waals surface area (Å²) in [6.07, 6.45) is 2.19. The molecule has 5 nitrogen and oxygen atoms in total. The van der Waals surface area contributed by atoms with Crippen molar-refractivity contribution >= 4 is 5.82 Å². The highest BCUT2D eigenvalue weighted by Gasteiger charge is 2.17. The zero-order valence-electron chi connectivity index (χ0n) is 14.1. The molecule has 0 aromatic carbocycles. The van der Waals surface area contributed by atoms with Crippen molar-refractivity contribution in [3.63, 3.8) is 0 Å². The van der Waals surface area contributed by atoms with Crippen LogP contribution in [0.1, 0.15) is 46.2 Å². The van der Waals surface area contributed by atoms with Crippen molar-refractivity contribution < 1.29 is 4.74 Å². The van der Waals surface area contributed by atoms with Gasteiger partial charge in [-0.15, -0.1) is 5.10 Å². The quantitative estimate of drug-likeness (QED) is 0.719. The van der Waals surface area contributed by atoms with Crippen LogP contribution in [0, 0.1) is 0 Å². The monoisotopic (exact) mass is 294 g/mol. The minimum absolute atomic E-state index is 0.453. The number of methoxy groups -OCH3 is 1. The third kappa shape index (κ3) is 5.98. The first-order valence-corrected chi connectivity index (χ1v) is 7.93. The molecule has 1 N–H and O–H groups in total. The molecule has 5 heteroatoms. The number of ether oxygens (including phenoxy) is 1. The van der Waals surface area contributed by atoms with E-state index in [0.717, 1.165) is 37.4 Å². The Morgan fingerprint density at radius 2 is 1.90 bits per heavy atom. The maximum absolute atomic E-state index is 5.22. The maximum atomic E-state index is 5.22. The minimum atomic E-state index is 0.453. The number of rotatable bonds is 10. The Morgan fingerprint density at radius 1 is 1.19 bits per heavy atom. The highest BCUT2D eigenvalue weighted by Crippen LogP contribution is 2.17. The third-order valence-corrected chi connectivity index (χ3v) is 3.61. The zero-order chi connectivity index (χ0) is 15.7. The van der Waals surface area contributed by atoms with E-state index in [9.17, 15) is 0 Å². The first kappa shape index (κ1) is 17.9. The molecule has 1 aromatic heterocycles. The van der Waals surface area contributed by atoms with Gasteiger partial charge < -0.3 is 15.0 Å². The summed E-state index contributed by atoms with van der Waals surface area (Å²) in [6.45, 7) is 11.0. The molecule has 0 fully saturated rings. The molecule has 0 amide bonds. The molecule has 0 saturated heterocycles. The number of nitrogens with one attached hydrogen (secondary N) is 1. The van der Waals surface area contributed by atoms with E-state index in [0.29, 0.717) is 18.7 Å². The van der Waals surface area contributed by atoms with Gasteiger partial charge in [-0.25, -0.2) is 0 Å². The first-order chi connectivity index (χ1) is 10.1. The van der Waals surface area contributed by atoms with Gasteiger partial charge in [0.1, 0.15) is 0 Å². The topological polar surface area (TPSA) is 50.3 Å². The van der Waals surface area contributed by atoms with Crippen LogP contribution in [0.3, 0.4) is 0 Å². The Labute approximate surface area is 129 Å². The molecule has 120 valence electrons.